The van der Waals surface area contributed by atoms with Crippen LogP contribution in [0.5, 0.6) is 0 Å². The van der Waals surface area contributed by atoms with E-state index in [-0.39, 0.29) is 29.5 Å². The zero-order valence-corrected chi connectivity index (χ0v) is 15.0. The van der Waals surface area contributed by atoms with Gasteiger partial charge in [0.1, 0.15) is 5.82 Å². The van der Waals surface area contributed by atoms with Crippen LogP contribution in [-0.2, 0) is 12.7 Å². The molecule has 0 radical (unpaired) electrons. The first kappa shape index (κ1) is 18.9. The zero-order valence-electron chi connectivity index (χ0n) is 15.0. The van der Waals surface area contributed by atoms with E-state index in [9.17, 15) is 18.0 Å². The summed E-state index contributed by atoms with van der Waals surface area (Å²) in [5.41, 5.74) is -0.460. The van der Waals surface area contributed by atoms with Gasteiger partial charge in [0, 0.05) is 17.8 Å². The molecule has 10 heteroatoms. The number of hydrogen-bond acceptors (Lipinski definition) is 6. The van der Waals surface area contributed by atoms with Gasteiger partial charge in [-0.2, -0.15) is 18.2 Å². The number of anilines is 2. The summed E-state index contributed by atoms with van der Waals surface area (Å²) in [5.74, 6) is 0.927. The topological polar surface area (TPSA) is 92.9 Å². The minimum absolute atomic E-state index is 0.0381. The van der Waals surface area contributed by atoms with E-state index in [0.29, 0.717) is 11.7 Å². The van der Waals surface area contributed by atoms with Crippen LogP contribution >= 0.6 is 0 Å². The van der Waals surface area contributed by atoms with E-state index in [1.165, 1.54) is 24.4 Å². The Morgan fingerprint density at radius 3 is 2.79 bits per heavy atom. The fraction of sp³-hybridized carbons (Fsp3) is 0.263. The second-order valence-electron chi connectivity index (χ2n) is 6.61. The summed E-state index contributed by atoms with van der Waals surface area (Å²) in [5, 5.41) is 9.30. The Hall–Kier alpha value is -3.43. The van der Waals surface area contributed by atoms with Crippen molar-refractivity contribution in [1.29, 1.82) is 0 Å². The van der Waals surface area contributed by atoms with Crippen molar-refractivity contribution in [3.63, 3.8) is 0 Å². The molecule has 1 aromatic carbocycles. The summed E-state index contributed by atoms with van der Waals surface area (Å²) in [7, 11) is 0. The summed E-state index contributed by atoms with van der Waals surface area (Å²) in [6.07, 6.45) is -0.963. The maximum atomic E-state index is 12.9. The highest BCUT2D eigenvalue weighted by molar-refractivity contribution is 5.99. The number of alkyl halides is 3. The van der Waals surface area contributed by atoms with Gasteiger partial charge in [-0.3, -0.25) is 4.79 Å². The molecule has 2 heterocycles. The highest BCUT2D eigenvalue weighted by Crippen LogP contribution is 2.38. The second-order valence-corrected chi connectivity index (χ2v) is 6.61. The molecule has 3 aromatic rings. The van der Waals surface area contributed by atoms with E-state index in [1.807, 2.05) is 0 Å². The first-order valence-corrected chi connectivity index (χ1v) is 8.90. The SMILES string of the molecule is O=C(NCc1nc(C2CC2)no1)c1cccnc1Nc1cccc(C(F)(F)F)c1. The van der Waals surface area contributed by atoms with E-state index < -0.39 is 17.6 Å². The molecule has 0 unspecified atom stereocenters. The molecule has 2 N–H and O–H groups in total. The molecular formula is C19H16F3N5O2. The highest BCUT2D eigenvalue weighted by atomic mass is 19.4. The number of amides is 1. The number of pyridine rings is 1. The maximum Gasteiger partial charge on any atom is 0.416 e. The molecule has 0 aliphatic heterocycles. The van der Waals surface area contributed by atoms with Crippen molar-refractivity contribution in [2.45, 2.75) is 31.5 Å². The molecule has 2 aromatic heterocycles. The molecule has 0 saturated heterocycles. The number of nitrogens with zero attached hydrogens (tertiary/aromatic N) is 3. The zero-order chi connectivity index (χ0) is 20.4. The summed E-state index contributed by atoms with van der Waals surface area (Å²) in [6.45, 7) is 0.0381. The first-order valence-electron chi connectivity index (χ1n) is 8.90. The number of aromatic nitrogens is 3. The predicted octanol–water partition coefficient (Wildman–Crippen LogP) is 4.03. The molecule has 150 valence electrons. The summed E-state index contributed by atoms with van der Waals surface area (Å²) < 4.78 is 43.8. The number of hydrogen-bond donors (Lipinski definition) is 2. The second kappa shape index (κ2) is 7.53. The predicted molar refractivity (Wildman–Crippen MR) is 96.4 cm³/mol. The van der Waals surface area contributed by atoms with Crippen LogP contribution in [0.2, 0.25) is 0 Å². The summed E-state index contributed by atoms with van der Waals surface area (Å²) >= 11 is 0. The third kappa shape index (κ3) is 4.53. The van der Waals surface area contributed by atoms with E-state index in [0.717, 1.165) is 25.0 Å². The van der Waals surface area contributed by atoms with Crippen LogP contribution in [0.4, 0.5) is 24.7 Å². The van der Waals surface area contributed by atoms with Crippen LogP contribution in [0.25, 0.3) is 0 Å². The lowest BCUT2D eigenvalue weighted by Crippen LogP contribution is -2.24. The van der Waals surface area contributed by atoms with Crippen molar-refractivity contribution in [3.8, 4) is 0 Å². The number of carbonyl (C=O) groups excluding carboxylic acids is 1. The Kier molecular flexibility index (Phi) is 4.91. The highest BCUT2D eigenvalue weighted by Gasteiger charge is 2.30. The van der Waals surface area contributed by atoms with Gasteiger partial charge in [-0.05, 0) is 43.2 Å². The Bertz CT molecular complexity index is 1030. The molecule has 1 aliphatic carbocycles. The maximum absolute atomic E-state index is 12.9. The van der Waals surface area contributed by atoms with Gasteiger partial charge < -0.3 is 15.2 Å². The van der Waals surface area contributed by atoms with Gasteiger partial charge in [0.25, 0.3) is 5.91 Å². The smallest absolute Gasteiger partial charge is 0.343 e. The lowest BCUT2D eigenvalue weighted by molar-refractivity contribution is -0.137. The lowest BCUT2D eigenvalue weighted by Gasteiger charge is -2.12. The fourth-order valence-electron chi connectivity index (χ4n) is 2.70. The van der Waals surface area contributed by atoms with Crippen molar-refractivity contribution in [2.24, 2.45) is 0 Å². The van der Waals surface area contributed by atoms with Gasteiger partial charge in [0.2, 0.25) is 5.89 Å². The third-order valence-corrected chi connectivity index (χ3v) is 4.33. The molecule has 7 nitrogen and oxygen atoms in total. The number of rotatable bonds is 6. The average molecular weight is 403 g/mol. The molecular weight excluding hydrogens is 387 g/mol. The van der Waals surface area contributed by atoms with Gasteiger partial charge in [0.15, 0.2) is 5.82 Å². The van der Waals surface area contributed by atoms with Crippen LogP contribution in [0.3, 0.4) is 0 Å². The van der Waals surface area contributed by atoms with Crippen LogP contribution in [0.15, 0.2) is 47.1 Å². The minimum atomic E-state index is -4.47. The van der Waals surface area contributed by atoms with Gasteiger partial charge in [0.05, 0.1) is 17.7 Å². The normalized spacial score (nSPS) is 13.9. The summed E-state index contributed by atoms with van der Waals surface area (Å²) in [6, 6.07) is 7.74. The Balaban J connectivity index is 1.46. The summed E-state index contributed by atoms with van der Waals surface area (Å²) in [4.78, 5) is 20.9. The molecule has 0 spiro atoms. The molecule has 0 bridgehead atoms. The molecule has 1 fully saturated rings. The van der Waals surface area contributed by atoms with Crippen molar-refractivity contribution in [1.82, 2.24) is 20.4 Å². The van der Waals surface area contributed by atoms with Crippen molar-refractivity contribution in [3.05, 3.63) is 65.4 Å². The molecule has 4 rings (SSSR count). The quantitative estimate of drug-likeness (QED) is 0.646. The Morgan fingerprint density at radius 1 is 1.21 bits per heavy atom. The number of halogens is 3. The molecule has 29 heavy (non-hydrogen) atoms. The van der Waals surface area contributed by atoms with Crippen molar-refractivity contribution in [2.75, 3.05) is 5.32 Å². The van der Waals surface area contributed by atoms with E-state index in [4.69, 9.17) is 4.52 Å². The first-order chi connectivity index (χ1) is 13.9. The van der Waals surface area contributed by atoms with E-state index in [2.05, 4.69) is 25.8 Å². The standard InChI is InChI=1S/C19H16F3N5O2/c20-19(21,22)12-3-1-4-13(9-12)25-17-14(5-2-8-23-17)18(28)24-10-15-26-16(27-29-15)11-6-7-11/h1-5,8-9,11H,6-7,10H2,(H,23,25)(H,24,28). The minimum Gasteiger partial charge on any atom is -0.343 e. The van der Waals surface area contributed by atoms with Crippen molar-refractivity contribution < 1.29 is 22.5 Å². The largest absolute Gasteiger partial charge is 0.416 e. The molecule has 0 atom stereocenters. The van der Waals surface area contributed by atoms with Gasteiger partial charge in [-0.25, -0.2) is 4.98 Å². The van der Waals surface area contributed by atoms with Crippen molar-refractivity contribution >= 4 is 17.4 Å². The lowest BCUT2D eigenvalue weighted by atomic mass is 10.2. The number of benzene rings is 1. The Morgan fingerprint density at radius 2 is 2.03 bits per heavy atom. The number of nitrogens with one attached hydrogen (secondary N) is 2. The van der Waals surface area contributed by atoms with Crippen LogP contribution in [-0.4, -0.2) is 21.0 Å². The fourth-order valence-corrected chi connectivity index (χ4v) is 2.70. The van der Waals surface area contributed by atoms with Crippen LogP contribution < -0.4 is 10.6 Å². The number of carbonyl (C=O) groups is 1. The molecule has 1 amide bonds. The van der Waals surface area contributed by atoms with Crippen LogP contribution in [0.1, 0.15) is 46.4 Å². The monoisotopic (exact) mass is 403 g/mol. The van der Waals surface area contributed by atoms with Gasteiger partial charge >= 0.3 is 6.18 Å². The Labute approximate surface area is 163 Å². The van der Waals surface area contributed by atoms with Gasteiger partial charge in [-0.15, -0.1) is 0 Å². The van der Waals surface area contributed by atoms with E-state index >= 15 is 0 Å². The molecule has 1 aliphatic rings. The van der Waals surface area contributed by atoms with Gasteiger partial charge in [-0.1, -0.05) is 11.2 Å². The average Bonchev–Trinajstić information content (AvgIpc) is 3.44. The third-order valence-electron chi connectivity index (χ3n) is 4.33. The van der Waals surface area contributed by atoms with E-state index in [1.54, 1.807) is 6.07 Å². The van der Waals surface area contributed by atoms with Crippen LogP contribution in [0, 0.1) is 0 Å². The molecule has 1 saturated carbocycles.